The first kappa shape index (κ1) is 12.9. The van der Waals surface area contributed by atoms with Crippen molar-refractivity contribution in [3.05, 3.63) is 18.0 Å². The van der Waals surface area contributed by atoms with Gasteiger partial charge in [0.25, 0.3) is 0 Å². The quantitative estimate of drug-likeness (QED) is 0.549. The summed E-state index contributed by atoms with van der Waals surface area (Å²) in [6.07, 6.45) is 7.06. The van der Waals surface area contributed by atoms with Gasteiger partial charge in [-0.1, -0.05) is 13.3 Å². The second-order valence-electron chi connectivity index (χ2n) is 5.07. The Morgan fingerprint density at radius 1 is 1.50 bits per heavy atom. The molecule has 5 heteroatoms. The van der Waals surface area contributed by atoms with Crippen molar-refractivity contribution >= 4 is 5.96 Å². The molecule has 1 aromatic heterocycles. The standard InChI is InChI=1S/C13H23N5/c1-3-13(6-4-7-13)10-16-12(14-2)15-9-11-5-8-17-18-11/h5,8H,3-4,6-7,9-10H2,1-2H3,(H,17,18)(H2,14,15,16). The van der Waals surface area contributed by atoms with Crippen molar-refractivity contribution in [2.75, 3.05) is 13.6 Å². The second-order valence-corrected chi connectivity index (χ2v) is 5.07. The van der Waals surface area contributed by atoms with E-state index in [4.69, 9.17) is 0 Å². The van der Waals surface area contributed by atoms with Crippen molar-refractivity contribution in [3.63, 3.8) is 0 Å². The van der Waals surface area contributed by atoms with E-state index in [1.165, 1.54) is 25.7 Å². The van der Waals surface area contributed by atoms with Gasteiger partial charge in [0.15, 0.2) is 5.96 Å². The van der Waals surface area contributed by atoms with Gasteiger partial charge in [-0.25, -0.2) is 0 Å². The Kier molecular flexibility index (Phi) is 4.23. The Labute approximate surface area is 108 Å². The SMILES string of the molecule is CCC1(CNC(=NC)NCc2ccn[nH]2)CCC1. The van der Waals surface area contributed by atoms with Crippen molar-refractivity contribution in [1.29, 1.82) is 0 Å². The van der Waals surface area contributed by atoms with Crippen LogP contribution >= 0.6 is 0 Å². The minimum absolute atomic E-state index is 0.506. The van der Waals surface area contributed by atoms with Crippen molar-refractivity contribution < 1.29 is 0 Å². The number of guanidine groups is 1. The molecule has 1 heterocycles. The minimum Gasteiger partial charge on any atom is -0.356 e. The number of hydrogen-bond donors (Lipinski definition) is 3. The molecule has 0 spiro atoms. The van der Waals surface area contributed by atoms with Gasteiger partial charge in [-0.05, 0) is 30.7 Å². The molecule has 0 unspecified atom stereocenters. The lowest BCUT2D eigenvalue weighted by molar-refractivity contribution is 0.131. The number of rotatable bonds is 5. The average molecular weight is 249 g/mol. The van der Waals surface area contributed by atoms with Crippen LogP contribution in [-0.4, -0.2) is 29.7 Å². The van der Waals surface area contributed by atoms with E-state index in [0.29, 0.717) is 5.41 Å². The number of H-pyrrole nitrogens is 1. The Hall–Kier alpha value is -1.52. The van der Waals surface area contributed by atoms with Gasteiger partial charge < -0.3 is 10.6 Å². The van der Waals surface area contributed by atoms with E-state index in [1.54, 1.807) is 6.20 Å². The molecule has 2 rings (SSSR count). The van der Waals surface area contributed by atoms with Crippen LogP contribution in [0.5, 0.6) is 0 Å². The van der Waals surface area contributed by atoms with E-state index in [1.807, 2.05) is 13.1 Å². The molecule has 1 saturated carbocycles. The average Bonchev–Trinajstić information content (AvgIpc) is 2.85. The molecule has 0 saturated heterocycles. The van der Waals surface area contributed by atoms with E-state index in [9.17, 15) is 0 Å². The zero-order chi connectivity index (χ0) is 12.8. The molecule has 1 aliphatic rings. The maximum Gasteiger partial charge on any atom is 0.191 e. The lowest BCUT2D eigenvalue weighted by Crippen LogP contribution is -2.46. The zero-order valence-corrected chi connectivity index (χ0v) is 11.3. The van der Waals surface area contributed by atoms with Crippen LogP contribution in [0.1, 0.15) is 38.3 Å². The first-order valence-corrected chi connectivity index (χ1v) is 6.71. The zero-order valence-electron chi connectivity index (χ0n) is 11.3. The molecule has 0 amide bonds. The molecule has 1 aromatic rings. The third-order valence-electron chi connectivity index (χ3n) is 4.02. The summed E-state index contributed by atoms with van der Waals surface area (Å²) in [4.78, 5) is 4.24. The summed E-state index contributed by atoms with van der Waals surface area (Å²) < 4.78 is 0. The summed E-state index contributed by atoms with van der Waals surface area (Å²) in [6, 6.07) is 1.96. The molecule has 3 N–H and O–H groups in total. The molecule has 100 valence electrons. The van der Waals surface area contributed by atoms with E-state index < -0.39 is 0 Å². The van der Waals surface area contributed by atoms with E-state index in [-0.39, 0.29) is 0 Å². The summed E-state index contributed by atoms with van der Waals surface area (Å²) in [5.41, 5.74) is 1.57. The second kappa shape index (κ2) is 5.89. The number of aromatic amines is 1. The summed E-state index contributed by atoms with van der Waals surface area (Å²) in [5, 5.41) is 13.6. The summed E-state index contributed by atoms with van der Waals surface area (Å²) >= 11 is 0. The molecular weight excluding hydrogens is 226 g/mol. The van der Waals surface area contributed by atoms with Gasteiger partial charge in [-0.3, -0.25) is 10.1 Å². The minimum atomic E-state index is 0.506. The van der Waals surface area contributed by atoms with Crippen LogP contribution in [0.3, 0.4) is 0 Å². The van der Waals surface area contributed by atoms with Crippen LogP contribution in [0, 0.1) is 5.41 Å². The van der Waals surface area contributed by atoms with Crippen LogP contribution < -0.4 is 10.6 Å². The molecule has 0 aliphatic heterocycles. The predicted molar refractivity (Wildman–Crippen MR) is 73.4 cm³/mol. The highest BCUT2D eigenvalue weighted by Gasteiger charge is 2.34. The third-order valence-corrected chi connectivity index (χ3v) is 4.02. The van der Waals surface area contributed by atoms with Gasteiger partial charge in [0.1, 0.15) is 0 Å². The molecule has 1 aliphatic carbocycles. The van der Waals surface area contributed by atoms with Gasteiger partial charge in [0.05, 0.1) is 12.2 Å². The number of nitrogens with one attached hydrogen (secondary N) is 3. The van der Waals surface area contributed by atoms with Gasteiger partial charge >= 0.3 is 0 Å². The Morgan fingerprint density at radius 3 is 2.83 bits per heavy atom. The van der Waals surface area contributed by atoms with E-state index in [2.05, 4.69) is 32.7 Å². The molecular formula is C13H23N5. The van der Waals surface area contributed by atoms with Crippen molar-refractivity contribution in [2.24, 2.45) is 10.4 Å². The fourth-order valence-electron chi connectivity index (χ4n) is 2.39. The fourth-order valence-corrected chi connectivity index (χ4v) is 2.39. The van der Waals surface area contributed by atoms with Crippen LogP contribution in [-0.2, 0) is 6.54 Å². The largest absolute Gasteiger partial charge is 0.356 e. The van der Waals surface area contributed by atoms with Crippen LogP contribution in [0.15, 0.2) is 17.3 Å². The molecule has 1 fully saturated rings. The maximum absolute atomic E-state index is 4.24. The molecule has 0 atom stereocenters. The summed E-state index contributed by atoms with van der Waals surface area (Å²) in [7, 11) is 1.81. The van der Waals surface area contributed by atoms with Crippen molar-refractivity contribution in [3.8, 4) is 0 Å². The summed E-state index contributed by atoms with van der Waals surface area (Å²) in [5.74, 6) is 0.865. The first-order chi connectivity index (χ1) is 8.78. The van der Waals surface area contributed by atoms with Crippen molar-refractivity contribution in [1.82, 2.24) is 20.8 Å². The van der Waals surface area contributed by atoms with Crippen LogP contribution in [0.25, 0.3) is 0 Å². The van der Waals surface area contributed by atoms with Gasteiger partial charge in [-0.15, -0.1) is 0 Å². The van der Waals surface area contributed by atoms with Gasteiger partial charge in [-0.2, -0.15) is 5.10 Å². The van der Waals surface area contributed by atoms with Crippen LogP contribution in [0.4, 0.5) is 0 Å². The Bertz CT molecular complexity index is 373. The maximum atomic E-state index is 4.24. The molecule has 18 heavy (non-hydrogen) atoms. The third kappa shape index (κ3) is 3.03. The van der Waals surface area contributed by atoms with E-state index >= 15 is 0 Å². The number of aromatic nitrogens is 2. The topological polar surface area (TPSA) is 65.1 Å². The fraction of sp³-hybridized carbons (Fsp3) is 0.692. The normalized spacial score (nSPS) is 18.2. The molecule has 0 radical (unpaired) electrons. The Morgan fingerprint density at radius 2 is 2.33 bits per heavy atom. The van der Waals surface area contributed by atoms with Crippen LogP contribution in [0.2, 0.25) is 0 Å². The molecule has 0 bridgehead atoms. The predicted octanol–water partition coefficient (Wildman–Crippen LogP) is 1.65. The number of aliphatic imine (C=N–C) groups is 1. The highest BCUT2D eigenvalue weighted by Crippen LogP contribution is 2.42. The highest BCUT2D eigenvalue weighted by atomic mass is 15.2. The molecule has 5 nitrogen and oxygen atoms in total. The van der Waals surface area contributed by atoms with Gasteiger partial charge in [0, 0.05) is 19.8 Å². The van der Waals surface area contributed by atoms with E-state index in [0.717, 1.165) is 24.7 Å². The number of hydrogen-bond acceptors (Lipinski definition) is 2. The monoisotopic (exact) mass is 249 g/mol. The highest BCUT2D eigenvalue weighted by molar-refractivity contribution is 5.79. The smallest absolute Gasteiger partial charge is 0.191 e. The lowest BCUT2D eigenvalue weighted by Gasteiger charge is -2.41. The first-order valence-electron chi connectivity index (χ1n) is 6.71. The molecule has 0 aromatic carbocycles. The Balaban J connectivity index is 1.76. The summed E-state index contributed by atoms with van der Waals surface area (Å²) in [6.45, 7) is 4.02. The lowest BCUT2D eigenvalue weighted by atomic mass is 9.67. The van der Waals surface area contributed by atoms with Gasteiger partial charge in [0.2, 0.25) is 0 Å². The van der Waals surface area contributed by atoms with Crippen molar-refractivity contribution in [2.45, 2.75) is 39.2 Å². The number of nitrogens with zero attached hydrogens (tertiary/aromatic N) is 2.